The molecule has 0 amide bonds. The Bertz CT molecular complexity index is 3420. The average Bonchev–Trinajstić information content (AvgIpc) is 3.85. The lowest BCUT2D eigenvalue weighted by Gasteiger charge is -2.15. The first-order valence-corrected chi connectivity index (χ1v) is 21.9. The highest BCUT2D eigenvalue weighted by Gasteiger charge is 2.29. The summed E-state index contributed by atoms with van der Waals surface area (Å²) in [6.45, 7) is 0. The Hall–Kier alpha value is -7.06. The maximum atomic E-state index is 2.43. The summed E-state index contributed by atoms with van der Waals surface area (Å²) in [5, 5.41) is 7.94. The number of hydrogen-bond acceptors (Lipinski definition) is 1. The zero-order valence-corrected chi connectivity index (χ0v) is 33.9. The Balaban J connectivity index is 0.848. The van der Waals surface area contributed by atoms with Gasteiger partial charge in [0.2, 0.25) is 0 Å². The highest BCUT2D eigenvalue weighted by molar-refractivity contribution is 7.26. The Morgan fingerprint density at radius 3 is 1.83 bits per heavy atom. The fraction of sp³-hybridized carbons (Fsp3) is 0.0508. The van der Waals surface area contributed by atoms with E-state index in [0.717, 1.165) is 12.8 Å². The number of rotatable bonds is 7. The van der Waals surface area contributed by atoms with Gasteiger partial charge in [-0.1, -0.05) is 194 Å². The minimum absolute atomic E-state index is 0.328. The van der Waals surface area contributed by atoms with Crippen LogP contribution in [-0.2, 0) is 12.8 Å². The van der Waals surface area contributed by atoms with Crippen LogP contribution in [0.3, 0.4) is 0 Å². The van der Waals surface area contributed by atoms with Crippen molar-refractivity contribution in [2.45, 2.75) is 18.8 Å². The second kappa shape index (κ2) is 14.3. The minimum atomic E-state index is 0.328. The molecule has 0 N–H and O–H groups in total. The molecule has 0 saturated heterocycles. The van der Waals surface area contributed by atoms with Crippen LogP contribution in [0.4, 0.5) is 0 Å². The van der Waals surface area contributed by atoms with E-state index in [2.05, 4.69) is 212 Å². The molecule has 11 aromatic rings. The van der Waals surface area contributed by atoms with Crippen LogP contribution in [0.15, 0.2) is 212 Å². The Kier molecular flexibility index (Phi) is 8.35. The highest BCUT2D eigenvalue weighted by atomic mass is 32.1. The predicted molar refractivity (Wildman–Crippen MR) is 257 cm³/mol. The van der Waals surface area contributed by atoms with Gasteiger partial charge in [0.25, 0.3) is 0 Å². The molecule has 0 fully saturated rings. The first-order valence-electron chi connectivity index (χ1n) is 21.0. The Labute approximate surface area is 354 Å². The van der Waals surface area contributed by atoms with E-state index >= 15 is 0 Å². The minimum Gasteiger partial charge on any atom is -0.135 e. The maximum absolute atomic E-state index is 2.43. The summed E-state index contributed by atoms with van der Waals surface area (Å²) in [7, 11) is 0. The zero-order valence-electron chi connectivity index (χ0n) is 33.1. The largest absolute Gasteiger partial charge is 0.135 e. The summed E-state index contributed by atoms with van der Waals surface area (Å²) in [6.07, 6.45) is 1.88. The van der Waals surface area contributed by atoms with Gasteiger partial charge in [-0.15, -0.1) is 11.3 Å². The van der Waals surface area contributed by atoms with E-state index in [1.165, 1.54) is 114 Å². The summed E-state index contributed by atoms with van der Waals surface area (Å²) >= 11 is 1.93. The van der Waals surface area contributed by atoms with Gasteiger partial charge in [0, 0.05) is 26.1 Å². The molecule has 1 atom stereocenters. The maximum Gasteiger partial charge on any atom is 0.0387 e. The number of thiophene rings is 1. The van der Waals surface area contributed by atoms with Crippen molar-refractivity contribution in [3.8, 4) is 44.5 Å². The SMILES string of the molecule is c1ccc(-c2cccc(Cc3cc4ccc(-c5ccc(-c6ccc7c(c6)-c6ccccc6C7Cc6cccc7c6sc6ccccc67)cc5)cc4c4ccccc34)c2)cc1. The van der Waals surface area contributed by atoms with Crippen LogP contribution in [0.1, 0.15) is 33.7 Å². The fourth-order valence-corrected chi connectivity index (χ4v) is 11.2. The van der Waals surface area contributed by atoms with Crippen LogP contribution in [-0.4, -0.2) is 0 Å². The molecule has 0 aliphatic heterocycles. The molecule has 1 aliphatic rings. The van der Waals surface area contributed by atoms with Crippen LogP contribution < -0.4 is 0 Å². The van der Waals surface area contributed by atoms with Gasteiger partial charge >= 0.3 is 0 Å². The highest BCUT2D eigenvalue weighted by Crippen LogP contribution is 2.49. The van der Waals surface area contributed by atoms with Gasteiger partial charge in [0.1, 0.15) is 0 Å². The molecule has 1 aliphatic carbocycles. The third-order valence-corrected chi connectivity index (χ3v) is 14.2. The van der Waals surface area contributed by atoms with Crippen molar-refractivity contribution in [2.75, 3.05) is 0 Å². The monoisotopic (exact) mass is 780 g/mol. The molecular formula is C59H40S. The lowest BCUT2D eigenvalue weighted by molar-refractivity contribution is 0.833. The van der Waals surface area contributed by atoms with E-state index in [-0.39, 0.29) is 0 Å². The number of fused-ring (bicyclic) bond motifs is 9. The van der Waals surface area contributed by atoms with Crippen molar-refractivity contribution in [1.82, 2.24) is 0 Å². The van der Waals surface area contributed by atoms with Gasteiger partial charge in [-0.2, -0.15) is 0 Å². The smallest absolute Gasteiger partial charge is 0.0387 e. The Morgan fingerprint density at radius 1 is 0.350 bits per heavy atom. The second-order valence-corrected chi connectivity index (χ2v) is 17.4. The molecule has 0 saturated carbocycles. The molecule has 1 aromatic heterocycles. The molecule has 0 spiro atoms. The first-order chi connectivity index (χ1) is 29.7. The van der Waals surface area contributed by atoms with Crippen molar-refractivity contribution < 1.29 is 0 Å². The van der Waals surface area contributed by atoms with Crippen molar-refractivity contribution in [3.05, 3.63) is 240 Å². The van der Waals surface area contributed by atoms with Gasteiger partial charge in [0.05, 0.1) is 0 Å². The number of hydrogen-bond donors (Lipinski definition) is 0. The van der Waals surface area contributed by atoms with Gasteiger partial charge < -0.3 is 0 Å². The van der Waals surface area contributed by atoms with Gasteiger partial charge in [-0.3, -0.25) is 0 Å². The second-order valence-electron chi connectivity index (χ2n) is 16.4. The summed E-state index contributed by atoms with van der Waals surface area (Å²) < 4.78 is 2.79. The van der Waals surface area contributed by atoms with Crippen molar-refractivity contribution >= 4 is 53.1 Å². The lowest BCUT2D eigenvalue weighted by Crippen LogP contribution is -2.01. The standard InChI is InChI=1S/C59H40S/c1-2-13-39(14-3-1)42-15-10-12-38(32-42)33-47-34-45-29-28-43(35-55(45)49-18-5-4-17-48(47)49)40-24-26-41(27-25-40)44-30-31-52-56(36-44)50-19-6-7-20-51(50)57(52)37-46-16-11-22-54-53-21-8-9-23-58(53)60-59(46)54/h1-32,34-36,57H,33,37H2. The summed E-state index contributed by atoms with van der Waals surface area (Å²) in [5.74, 6) is 0.328. The van der Waals surface area contributed by atoms with Crippen molar-refractivity contribution in [3.63, 3.8) is 0 Å². The topological polar surface area (TPSA) is 0 Å². The fourth-order valence-electron chi connectivity index (χ4n) is 9.96. The zero-order chi connectivity index (χ0) is 39.6. The van der Waals surface area contributed by atoms with E-state index in [1.54, 1.807) is 0 Å². The summed E-state index contributed by atoms with van der Waals surface area (Å²) in [5.41, 5.74) is 17.2. The molecule has 60 heavy (non-hydrogen) atoms. The van der Waals surface area contributed by atoms with E-state index in [1.807, 2.05) is 11.3 Å². The molecule has 12 rings (SSSR count). The van der Waals surface area contributed by atoms with Crippen LogP contribution in [0.25, 0.3) is 86.2 Å². The molecule has 10 aromatic carbocycles. The van der Waals surface area contributed by atoms with E-state index in [9.17, 15) is 0 Å². The van der Waals surface area contributed by atoms with Crippen LogP contribution in [0, 0.1) is 0 Å². The molecule has 0 nitrogen and oxygen atoms in total. The molecule has 0 radical (unpaired) electrons. The molecule has 1 heterocycles. The molecular weight excluding hydrogens is 741 g/mol. The van der Waals surface area contributed by atoms with Crippen molar-refractivity contribution in [2.24, 2.45) is 0 Å². The third kappa shape index (κ3) is 5.96. The predicted octanol–water partition coefficient (Wildman–Crippen LogP) is 16.3. The van der Waals surface area contributed by atoms with E-state index in [0.29, 0.717) is 5.92 Å². The van der Waals surface area contributed by atoms with Gasteiger partial charge in [-0.05, 0) is 125 Å². The normalized spacial score (nSPS) is 13.3. The van der Waals surface area contributed by atoms with Crippen LogP contribution >= 0.6 is 11.3 Å². The average molecular weight is 781 g/mol. The molecule has 1 heteroatoms. The molecule has 282 valence electrons. The molecule has 0 bridgehead atoms. The lowest BCUT2D eigenvalue weighted by atomic mass is 9.89. The number of benzene rings is 10. The van der Waals surface area contributed by atoms with Gasteiger partial charge in [-0.25, -0.2) is 0 Å². The van der Waals surface area contributed by atoms with Crippen LogP contribution in [0.2, 0.25) is 0 Å². The summed E-state index contributed by atoms with van der Waals surface area (Å²) in [4.78, 5) is 0. The third-order valence-electron chi connectivity index (χ3n) is 12.9. The van der Waals surface area contributed by atoms with Crippen molar-refractivity contribution in [1.29, 1.82) is 0 Å². The van der Waals surface area contributed by atoms with E-state index < -0.39 is 0 Å². The first kappa shape index (κ1) is 34.9. The summed E-state index contributed by atoms with van der Waals surface area (Å²) in [6, 6.07) is 79.1. The van der Waals surface area contributed by atoms with Gasteiger partial charge in [0.15, 0.2) is 0 Å². The quantitative estimate of drug-likeness (QED) is 0.141. The van der Waals surface area contributed by atoms with E-state index in [4.69, 9.17) is 0 Å². The molecule has 1 unspecified atom stereocenters. The van der Waals surface area contributed by atoms with Crippen LogP contribution in [0.5, 0.6) is 0 Å². The Morgan fingerprint density at radius 2 is 0.967 bits per heavy atom.